The molecule has 2 aliphatic rings. The molecule has 0 aromatic heterocycles. The first-order valence-corrected chi connectivity index (χ1v) is 7.33. The molecule has 0 aliphatic carbocycles. The highest BCUT2D eigenvalue weighted by molar-refractivity contribution is 5.96. The number of piperidine rings is 1. The van der Waals surface area contributed by atoms with Crippen molar-refractivity contribution in [1.29, 1.82) is 0 Å². The Labute approximate surface area is 119 Å². The monoisotopic (exact) mass is 275 g/mol. The molecule has 0 spiro atoms. The molecule has 0 radical (unpaired) electrons. The first kappa shape index (κ1) is 13.2. The van der Waals surface area contributed by atoms with Gasteiger partial charge in [0.05, 0.1) is 24.0 Å². The van der Waals surface area contributed by atoms with E-state index in [1.165, 1.54) is 0 Å². The lowest BCUT2D eigenvalue weighted by atomic mass is 10.0. The number of anilines is 2. The molecule has 1 fully saturated rings. The largest absolute Gasteiger partial charge is 0.394 e. The zero-order chi connectivity index (χ0) is 13.9. The van der Waals surface area contributed by atoms with Gasteiger partial charge in [-0.15, -0.1) is 0 Å². The number of fused-ring (bicyclic) bond motifs is 1. The van der Waals surface area contributed by atoms with Gasteiger partial charge < -0.3 is 20.6 Å². The quantitative estimate of drug-likeness (QED) is 0.765. The Kier molecular flexibility index (Phi) is 3.78. The number of carbonyl (C=O) groups excluding carboxylic acids is 1. The molecule has 1 saturated heterocycles. The van der Waals surface area contributed by atoms with Gasteiger partial charge in [-0.25, -0.2) is 0 Å². The van der Waals surface area contributed by atoms with E-state index in [-0.39, 0.29) is 18.6 Å². The van der Waals surface area contributed by atoms with Crippen molar-refractivity contribution in [2.24, 2.45) is 0 Å². The molecule has 1 aromatic rings. The van der Waals surface area contributed by atoms with Crippen molar-refractivity contribution in [2.75, 3.05) is 36.9 Å². The molecule has 20 heavy (non-hydrogen) atoms. The summed E-state index contributed by atoms with van der Waals surface area (Å²) in [5.74, 6) is 0.0268. The molecule has 2 heterocycles. The zero-order valence-electron chi connectivity index (χ0n) is 11.6. The van der Waals surface area contributed by atoms with Gasteiger partial charge in [0.1, 0.15) is 0 Å². The van der Waals surface area contributed by atoms with Gasteiger partial charge >= 0.3 is 0 Å². The summed E-state index contributed by atoms with van der Waals surface area (Å²) in [6.07, 6.45) is 3.00. The summed E-state index contributed by atoms with van der Waals surface area (Å²) >= 11 is 0. The fourth-order valence-electron chi connectivity index (χ4n) is 3.00. The van der Waals surface area contributed by atoms with Gasteiger partial charge in [-0.1, -0.05) is 0 Å². The highest BCUT2D eigenvalue weighted by Gasteiger charge is 2.27. The molecule has 108 valence electrons. The molecule has 1 aromatic carbocycles. The average Bonchev–Trinajstić information content (AvgIpc) is 2.53. The molecule has 3 N–H and O–H groups in total. The number of hydrogen-bond donors (Lipinski definition) is 3. The number of nitrogens with zero attached hydrogens (tertiary/aromatic N) is 1. The second kappa shape index (κ2) is 5.71. The van der Waals surface area contributed by atoms with E-state index in [1.807, 2.05) is 23.1 Å². The van der Waals surface area contributed by atoms with Crippen LogP contribution >= 0.6 is 0 Å². The van der Waals surface area contributed by atoms with Crippen molar-refractivity contribution in [3.8, 4) is 0 Å². The van der Waals surface area contributed by atoms with E-state index in [9.17, 15) is 9.90 Å². The second-order valence-corrected chi connectivity index (χ2v) is 5.44. The summed E-state index contributed by atoms with van der Waals surface area (Å²) in [6, 6.07) is 5.70. The molecule has 1 atom stereocenters. The Morgan fingerprint density at radius 2 is 2.05 bits per heavy atom. The maximum Gasteiger partial charge on any atom is 0.254 e. The third-order valence-electron chi connectivity index (χ3n) is 4.12. The SMILES string of the molecule is O=C(c1ccc2c(c1)NCCN2)N1CCCCC1CO. The number of aliphatic hydroxyl groups excluding tert-OH is 1. The fourth-order valence-corrected chi connectivity index (χ4v) is 3.00. The lowest BCUT2D eigenvalue weighted by Gasteiger charge is -2.35. The van der Waals surface area contributed by atoms with Crippen molar-refractivity contribution < 1.29 is 9.90 Å². The van der Waals surface area contributed by atoms with E-state index in [1.54, 1.807) is 0 Å². The molecule has 1 unspecified atom stereocenters. The highest BCUT2D eigenvalue weighted by atomic mass is 16.3. The average molecular weight is 275 g/mol. The summed E-state index contributed by atoms with van der Waals surface area (Å²) in [5, 5.41) is 16.0. The van der Waals surface area contributed by atoms with Gasteiger partial charge in [-0.2, -0.15) is 0 Å². The summed E-state index contributed by atoms with van der Waals surface area (Å²) in [7, 11) is 0. The van der Waals surface area contributed by atoms with Crippen LogP contribution in [0.3, 0.4) is 0 Å². The van der Waals surface area contributed by atoms with Crippen LogP contribution in [0.4, 0.5) is 11.4 Å². The third kappa shape index (κ3) is 2.45. The smallest absolute Gasteiger partial charge is 0.254 e. The Balaban J connectivity index is 1.82. The predicted molar refractivity (Wildman–Crippen MR) is 79.2 cm³/mol. The van der Waals surface area contributed by atoms with Gasteiger partial charge in [0.15, 0.2) is 0 Å². The summed E-state index contributed by atoms with van der Waals surface area (Å²) in [4.78, 5) is 14.4. The lowest BCUT2D eigenvalue weighted by Crippen LogP contribution is -2.45. The van der Waals surface area contributed by atoms with Crippen LogP contribution in [0.25, 0.3) is 0 Å². The molecule has 5 nitrogen and oxygen atoms in total. The minimum absolute atomic E-state index is 0.0268. The fraction of sp³-hybridized carbons (Fsp3) is 0.533. The van der Waals surface area contributed by atoms with Crippen molar-refractivity contribution in [2.45, 2.75) is 25.3 Å². The lowest BCUT2D eigenvalue weighted by molar-refractivity contribution is 0.0503. The molecule has 2 aliphatic heterocycles. The van der Waals surface area contributed by atoms with E-state index in [0.717, 1.165) is 50.3 Å². The highest BCUT2D eigenvalue weighted by Crippen LogP contribution is 2.27. The summed E-state index contributed by atoms with van der Waals surface area (Å²) < 4.78 is 0. The molecule has 0 saturated carbocycles. The van der Waals surface area contributed by atoms with Crippen molar-refractivity contribution in [1.82, 2.24) is 4.90 Å². The number of aliphatic hydroxyl groups is 1. The maximum absolute atomic E-state index is 12.6. The minimum Gasteiger partial charge on any atom is -0.394 e. The van der Waals surface area contributed by atoms with Crippen LogP contribution in [0, 0.1) is 0 Å². The molecular weight excluding hydrogens is 254 g/mol. The number of amides is 1. The van der Waals surface area contributed by atoms with E-state index >= 15 is 0 Å². The number of rotatable bonds is 2. The van der Waals surface area contributed by atoms with Crippen LogP contribution in [0.5, 0.6) is 0 Å². The van der Waals surface area contributed by atoms with Crippen LogP contribution in [0.1, 0.15) is 29.6 Å². The molecule has 1 amide bonds. The van der Waals surface area contributed by atoms with E-state index < -0.39 is 0 Å². The maximum atomic E-state index is 12.6. The third-order valence-corrected chi connectivity index (χ3v) is 4.12. The van der Waals surface area contributed by atoms with Crippen LogP contribution in [0.2, 0.25) is 0 Å². The molecular formula is C15H21N3O2. The van der Waals surface area contributed by atoms with Crippen molar-refractivity contribution in [3.63, 3.8) is 0 Å². The normalized spacial score (nSPS) is 21.6. The van der Waals surface area contributed by atoms with Gasteiger partial charge in [0.2, 0.25) is 0 Å². The molecule has 0 bridgehead atoms. The molecule has 5 heteroatoms. The van der Waals surface area contributed by atoms with Crippen LogP contribution in [-0.2, 0) is 0 Å². The first-order chi connectivity index (χ1) is 9.79. The molecule has 3 rings (SSSR count). The number of likely N-dealkylation sites (tertiary alicyclic amines) is 1. The van der Waals surface area contributed by atoms with Gasteiger partial charge in [-0.3, -0.25) is 4.79 Å². The minimum atomic E-state index is -0.0293. The number of carbonyl (C=O) groups is 1. The van der Waals surface area contributed by atoms with Gasteiger partial charge in [0.25, 0.3) is 5.91 Å². The van der Waals surface area contributed by atoms with E-state index in [4.69, 9.17) is 0 Å². The Hall–Kier alpha value is -1.75. The van der Waals surface area contributed by atoms with Crippen molar-refractivity contribution >= 4 is 17.3 Å². The topological polar surface area (TPSA) is 64.6 Å². The van der Waals surface area contributed by atoms with E-state index in [2.05, 4.69) is 10.6 Å². The standard InChI is InChI=1S/C15H21N3O2/c19-10-12-3-1-2-8-18(12)15(20)11-4-5-13-14(9-11)17-7-6-16-13/h4-5,9,12,16-17,19H,1-3,6-8,10H2. The first-order valence-electron chi connectivity index (χ1n) is 7.33. The number of hydrogen-bond acceptors (Lipinski definition) is 4. The number of benzene rings is 1. The Bertz CT molecular complexity index is 504. The van der Waals surface area contributed by atoms with Crippen LogP contribution in [0.15, 0.2) is 18.2 Å². The summed E-state index contributed by atoms with van der Waals surface area (Å²) in [5.41, 5.74) is 2.73. The predicted octanol–water partition coefficient (Wildman–Crippen LogP) is 1.51. The van der Waals surface area contributed by atoms with Crippen LogP contribution in [-0.4, -0.2) is 48.2 Å². The van der Waals surface area contributed by atoms with Crippen molar-refractivity contribution in [3.05, 3.63) is 23.8 Å². The van der Waals surface area contributed by atoms with E-state index in [0.29, 0.717) is 5.56 Å². The van der Waals surface area contributed by atoms with Crippen LogP contribution < -0.4 is 10.6 Å². The summed E-state index contributed by atoms with van der Waals surface area (Å²) in [6.45, 7) is 2.57. The Morgan fingerprint density at radius 3 is 2.85 bits per heavy atom. The second-order valence-electron chi connectivity index (χ2n) is 5.44. The Morgan fingerprint density at radius 1 is 1.25 bits per heavy atom. The van der Waals surface area contributed by atoms with Gasteiger partial charge in [0, 0.05) is 25.2 Å². The zero-order valence-corrected chi connectivity index (χ0v) is 11.6. The van der Waals surface area contributed by atoms with Gasteiger partial charge in [-0.05, 0) is 37.5 Å². The number of nitrogens with one attached hydrogen (secondary N) is 2.